The Labute approximate surface area is 464 Å². The van der Waals surface area contributed by atoms with Gasteiger partial charge in [-0.2, -0.15) is 0 Å². The van der Waals surface area contributed by atoms with Crippen LogP contribution in [-0.4, -0.2) is 12.3 Å². The highest BCUT2D eigenvalue weighted by Crippen LogP contribution is 2.62. The third kappa shape index (κ3) is 7.63. The minimum Gasteiger partial charge on any atom is -0.334 e. The van der Waals surface area contributed by atoms with Crippen molar-refractivity contribution >= 4 is 100 Å². The monoisotopic (exact) mass is 1030 g/mol. The van der Waals surface area contributed by atoms with E-state index in [2.05, 4.69) is 269 Å². The van der Waals surface area contributed by atoms with Crippen molar-refractivity contribution in [3.05, 3.63) is 186 Å². The Hall–Kier alpha value is -6.56. The smallest absolute Gasteiger partial charge is 0.252 e. The number of thiophene rings is 1. The van der Waals surface area contributed by atoms with Crippen LogP contribution in [-0.2, 0) is 27.1 Å². The molecule has 0 N–H and O–H groups in total. The molecule has 0 spiro atoms. The number of nitrogens with zero attached hydrogens (tertiary/aromatic N) is 3. The first-order valence-electron chi connectivity index (χ1n) is 28.6. The molecule has 5 heteroatoms. The van der Waals surface area contributed by atoms with Gasteiger partial charge in [0.1, 0.15) is 0 Å². The first-order valence-corrected chi connectivity index (χ1v) is 29.4. The lowest BCUT2D eigenvalue weighted by Gasteiger charge is -2.51. The first kappa shape index (κ1) is 50.0. The zero-order valence-corrected chi connectivity index (χ0v) is 49.0. The molecule has 388 valence electrons. The molecule has 1 aromatic heterocycles. The predicted molar refractivity (Wildman–Crippen MR) is 336 cm³/mol. The summed E-state index contributed by atoms with van der Waals surface area (Å²) in [6, 6.07) is 62.5. The standard InChI is InChI=1S/C72H76BN3S/c1-67(2,3)46-28-34-58(54(38-46)45-22-16-15-17-23-45)75-61-41-49(70(10,11)12)27-33-57(61)73-56-32-26-48(69(7,8)9)40-60(56)74(50-30-31-53-52-24-18-19-25-64(52)77-65(53)44-50)62-42-51(43-63(75)66(62)73)76-59-35-29-47(68(4,5)6)39-55(59)71(13)36-20-21-37-72(71,76)14/h15-19,22-35,38-44H,20-21,36-37H2,1-14H3. The van der Waals surface area contributed by atoms with E-state index in [1.165, 1.54) is 140 Å². The van der Waals surface area contributed by atoms with Gasteiger partial charge in [0.05, 0.1) is 11.2 Å². The number of anilines is 8. The number of hydrogen-bond acceptors (Lipinski definition) is 4. The molecule has 1 saturated carbocycles. The molecule has 4 aliphatic rings. The summed E-state index contributed by atoms with van der Waals surface area (Å²) in [6.07, 6.45) is 4.74. The van der Waals surface area contributed by atoms with E-state index in [0.717, 1.165) is 6.42 Å². The highest BCUT2D eigenvalue weighted by atomic mass is 32.1. The minimum absolute atomic E-state index is 0.0209. The van der Waals surface area contributed by atoms with Crippen LogP contribution >= 0.6 is 11.3 Å². The maximum absolute atomic E-state index is 2.84. The summed E-state index contributed by atoms with van der Waals surface area (Å²) < 4.78 is 2.64. The summed E-state index contributed by atoms with van der Waals surface area (Å²) in [5, 5.41) is 2.64. The average Bonchev–Trinajstić information content (AvgIpc) is 3.74. The van der Waals surface area contributed by atoms with Crippen molar-refractivity contribution in [1.82, 2.24) is 0 Å². The molecule has 2 atom stereocenters. The molecule has 0 saturated heterocycles. The summed E-state index contributed by atoms with van der Waals surface area (Å²) in [6.45, 7) is 33.5. The van der Waals surface area contributed by atoms with Crippen LogP contribution in [0.15, 0.2) is 158 Å². The molecular weight excluding hydrogens is 950 g/mol. The van der Waals surface area contributed by atoms with Gasteiger partial charge < -0.3 is 14.7 Å². The Kier molecular flexibility index (Phi) is 11.0. The quantitative estimate of drug-likeness (QED) is 0.163. The van der Waals surface area contributed by atoms with Crippen molar-refractivity contribution in [2.45, 2.75) is 155 Å². The molecule has 9 aromatic rings. The molecule has 1 fully saturated rings. The topological polar surface area (TPSA) is 9.72 Å². The van der Waals surface area contributed by atoms with E-state index in [4.69, 9.17) is 0 Å². The van der Waals surface area contributed by atoms with Crippen molar-refractivity contribution in [3.63, 3.8) is 0 Å². The van der Waals surface area contributed by atoms with Crippen LogP contribution in [0, 0.1) is 0 Å². The van der Waals surface area contributed by atoms with Crippen molar-refractivity contribution in [3.8, 4) is 11.1 Å². The fourth-order valence-corrected chi connectivity index (χ4v) is 15.2. The highest BCUT2D eigenvalue weighted by Gasteiger charge is 2.58. The van der Waals surface area contributed by atoms with Crippen LogP contribution in [0.4, 0.5) is 45.5 Å². The molecule has 3 aliphatic heterocycles. The second kappa shape index (κ2) is 17.0. The van der Waals surface area contributed by atoms with E-state index in [1.807, 2.05) is 11.3 Å². The SMILES string of the molecule is CC(C)(C)c1ccc(N2c3cc(C(C)(C)C)ccc3B3c4ccc(C(C)(C)C)cc4N(c4ccc5c(c4)sc4ccccc45)c4cc(N5c6ccc(C(C)(C)C)cc6C6(C)CCCCC56C)cc2c43)c(-c2ccccc2)c1. The van der Waals surface area contributed by atoms with Crippen LogP contribution < -0.4 is 31.1 Å². The van der Waals surface area contributed by atoms with Gasteiger partial charge in [-0.1, -0.05) is 200 Å². The van der Waals surface area contributed by atoms with Gasteiger partial charge in [0.2, 0.25) is 0 Å². The van der Waals surface area contributed by atoms with Crippen LogP contribution in [0.1, 0.15) is 150 Å². The summed E-state index contributed by atoms with van der Waals surface area (Å²) in [5.41, 5.74) is 23.1. The van der Waals surface area contributed by atoms with Gasteiger partial charge in [0.15, 0.2) is 0 Å². The van der Waals surface area contributed by atoms with E-state index in [-0.39, 0.29) is 39.3 Å². The van der Waals surface area contributed by atoms with Crippen molar-refractivity contribution in [2.75, 3.05) is 14.7 Å². The Bertz CT molecular complexity index is 3870. The van der Waals surface area contributed by atoms with E-state index < -0.39 is 0 Å². The Balaban J connectivity index is 1.19. The van der Waals surface area contributed by atoms with Crippen LogP contribution in [0.5, 0.6) is 0 Å². The molecule has 13 rings (SSSR count). The molecule has 8 aromatic carbocycles. The van der Waals surface area contributed by atoms with E-state index in [9.17, 15) is 0 Å². The molecule has 2 unspecified atom stereocenters. The molecule has 77 heavy (non-hydrogen) atoms. The van der Waals surface area contributed by atoms with E-state index >= 15 is 0 Å². The minimum atomic E-state index is -0.169. The summed E-state index contributed by atoms with van der Waals surface area (Å²) >= 11 is 1.91. The molecule has 1 aliphatic carbocycles. The van der Waals surface area contributed by atoms with Crippen LogP contribution in [0.2, 0.25) is 0 Å². The maximum Gasteiger partial charge on any atom is 0.252 e. The number of fused-ring (bicyclic) bond motifs is 10. The normalized spacial score (nSPS) is 19.1. The second-order valence-electron chi connectivity index (χ2n) is 27.8. The third-order valence-electron chi connectivity index (χ3n) is 18.8. The molecule has 0 radical (unpaired) electrons. The number of rotatable bonds is 4. The van der Waals surface area contributed by atoms with Crippen molar-refractivity contribution in [1.29, 1.82) is 0 Å². The van der Waals surface area contributed by atoms with E-state index in [1.54, 1.807) is 0 Å². The average molecular weight is 1030 g/mol. The first-order chi connectivity index (χ1) is 36.4. The van der Waals surface area contributed by atoms with Gasteiger partial charge >= 0.3 is 0 Å². The van der Waals surface area contributed by atoms with E-state index in [0.29, 0.717) is 0 Å². The predicted octanol–water partition coefficient (Wildman–Crippen LogP) is 18.7. The van der Waals surface area contributed by atoms with Crippen LogP contribution in [0.25, 0.3) is 31.3 Å². The summed E-state index contributed by atoms with van der Waals surface area (Å²) in [5.74, 6) is 0. The second-order valence-corrected chi connectivity index (χ2v) is 28.9. The van der Waals surface area contributed by atoms with Gasteiger partial charge in [-0.25, -0.2) is 0 Å². The van der Waals surface area contributed by atoms with Gasteiger partial charge in [-0.3, -0.25) is 0 Å². The van der Waals surface area contributed by atoms with Crippen molar-refractivity contribution in [2.24, 2.45) is 0 Å². The summed E-state index contributed by atoms with van der Waals surface area (Å²) in [7, 11) is 0. The Morgan fingerprint density at radius 1 is 0.429 bits per heavy atom. The largest absolute Gasteiger partial charge is 0.334 e. The highest BCUT2D eigenvalue weighted by molar-refractivity contribution is 7.25. The van der Waals surface area contributed by atoms with Gasteiger partial charge in [0, 0.05) is 71.0 Å². The molecule has 0 bridgehead atoms. The Morgan fingerprint density at radius 3 is 1.61 bits per heavy atom. The lowest BCUT2D eigenvalue weighted by atomic mass is 9.33. The van der Waals surface area contributed by atoms with Gasteiger partial charge in [0.25, 0.3) is 6.71 Å². The fourth-order valence-electron chi connectivity index (χ4n) is 14.1. The zero-order valence-electron chi connectivity index (χ0n) is 48.2. The lowest BCUT2D eigenvalue weighted by Crippen LogP contribution is -2.61. The third-order valence-corrected chi connectivity index (χ3v) is 20.0. The zero-order chi connectivity index (χ0) is 53.9. The number of hydrogen-bond donors (Lipinski definition) is 0. The molecular formula is C72H76BN3S. The molecule has 4 heterocycles. The lowest BCUT2D eigenvalue weighted by molar-refractivity contribution is 0.195. The Morgan fingerprint density at radius 2 is 0.961 bits per heavy atom. The van der Waals surface area contributed by atoms with Gasteiger partial charge in [-0.15, -0.1) is 11.3 Å². The van der Waals surface area contributed by atoms with Crippen molar-refractivity contribution < 1.29 is 0 Å². The molecule has 3 nitrogen and oxygen atoms in total. The van der Waals surface area contributed by atoms with Crippen LogP contribution in [0.3, 0.4) is 0 Å². The maximum atomic E-state index is 2.84. The molecule has 0 amide bonds. The fraction of sp³-hybridized carbons (Fsp3) is 0.333. The summed E-state index contributed by atoms with van der Waals surface area (Å²) in [4.78, 5) is 8.24. The number of benzene rings is 8. The van der Waals surface area contributed by atoms with Gasteiger partial charge in [-0.05, 0) is 152 Å².